The van der Waals surface area contributed by atoms with Gasteiger partial charge in [-0.1, -0.05) is 13.3 Å². The number of carboxylic acid groups (broad SMARTS) is 1. The summed E-state index contributed by atoms with van der Waals surface area (Å²) < 4.78 is 5.21. The Hall–Kier alpha value is -1.30. The maximum absolute atomic E-state index is 11.7. The lowest BCUT2D eigenvalue weighted by atomic mass is 10.1. The molecular weight excluding hydrogens is 236 g/mol. The van der Waals surface area contributed by atoms with Crippen molar-refractivity contribution in [3.8, 4) is 0 Å². The lowest BCUT2D eigenvalue weighted by Crippen LogP contribution is -2.46. The first-order chi connectivity index (χ1) is 8.63. The summed E-state index contributed by atoms with van der Waals surface area (Å²) in [5.74, 6) is -0.949. The molecule has 1 aliphatic heterocycles. The molecule has 1 heterocycles. The maximum Gasteiger partial charge on any atom is 0.329 e. The van der Waals surface area contributed by atoms with Crippen molar-refractivity contribution in [1.82, 2.24) is 10.2 Å². The second kappa shape index (κ2) is 7.92. The molecule has 0 aromatic carbocycles. The van der Waals surface area contributed by atoms with E-state index in [0.717, 1.165) is 12.8 Å². The van der Waals surface area contributed by atoms with Crippen LogP contribution in [0.1, 0.15) is 32.6 Å². The quantitative estimate of drug-likeness (QED) is 0.698. The molecule has 0 aromatic rings. The molecule has 1 fully saturated rings. The topological polar surface area (TPSA) is 78.9 Å². The lowest BCUT2D eigenvalue weighted by molar-refractivity contribution is -0.145. The van der Waals surface area contributed by atoms with Gasteiger partial charge >= 0.3 is 12.0 Å². The second-order valence-corrected chi connectivity index (χ2v) is 4.48. The third kappa shape index (κ3) is 5.35. The van der Waals surface area contributed by atoms with E-state index in [1.54, 1.807) is 4.90 Å². The zero-order chi connectivity index (χ0) is 13.4. The number of carbonyl (C=O) groups is 2. The SMILES string of the molecule is CCCCNC(=O)N1CCC(OCC(=O)O)CC1. The molecule has 0 unspecified atom stereocenters. The van der Waals surface area contributed by atoms with Gasteiger partial charge in [0.1, 0.15) is 6.61 Å². The van der Waals surface area contributed by atoms with Crippen molar-refractivity contribution >= 4 is 12.0 Å². The number of hydrogen-bond donors (Lipinski definition) is 2. The average Bonchev–Trinajstić information content (AvgIpc) is 2.37. The van der Waals surface area contributed by atoms with E-state index in [-0.39, 0.29) is 18.7 Å². The number of amides is 2. The molecule has 6 nitrogen and oxygen atoms in total. The molecule has 104 valence electrons. The molecule has 0 aliphatic carbocycles. The Morgan fingerprint density at radius 3 is 2.61 bits per heavy atom. The highest BCUT2D eigenvalue weighted by Gasteiger charge is 2.23. The van der Waals surface area contributed by atoms with Crippen LogP contribution < -0.4 is 5.32 Å². The van der Waals surface area contributed by atoms with Gasteiger partial charge in [-0.25, -0.2) is 9.59 Å². The van der Waals surface area contributed by atoms with Gasteiger partial charge in [0.25, 0.3) is 0 Å². The van der Waals surface area contributed by atoms with Crippen molar-refractivity contribution in [3.63, 3.8) is 0 Å². The second-order valence-electron chi connectivity index (χ2n) is 4.48. The fraction of sp³-hybridized carbons (Fsp3) is 0.833. The van der Waals surface area contributed by atoms with Crippen LogP contribution in [0, 0.1) is 0 Å². The minimum atomic E-state index is -0.949. The first kappa shape index (κ1) is 14.8. The molecule has 2 amide bonds. The number of rotatable bonds is 6. The van der Waals surface area contributed by atoms with E-state index >= 15 is 0 Å². The summed E-state index contributed by atoms with van der Waals surface area (Å²) in [6.45, 7) is 3.79. The van der Waals surface area contributed by atoms with Crippen LogP contribution in [-0.2, 0) is 9.53 Å². The van der Waals surface area contributed by atoms with Crippen LogP contribution in [0.4, 0.5) is 4.79 Å². The number of ether oxygens (including phenoxy) is 1. The third-order valence-electron chi connectivity index (χ3n) is 2.98. The van der Waals surface area contributed by atoms with E-state index in [1.165, 1.54) is 0 Å². The Morgan fingerprint density at radius 1 is 1.39 bits per heavy atom. The number of nitrogens with zero attached hydrogens (tertiary/aromatic N) is 1. The van der Waals surface area contributed by atoms with Gasteiger partial charge in [0, 0.05) is 19.6 Å². The van der Waals surface area contributed by atoms with Crippen molar-refractivity contribution in [3.05, 3.63) is 0 Å². The largest absolute Gasteiger partial charge is 0.480 e. The van der Waals surface area contributed by atoms with E-state index in [4.69, 9.17) is 9.84 Å². The number of hydrogen-bond acceptors (Lipinski definition) is 3. The van der Waals surface area contributed by atoms with Crippen LogP contribution in [0.15, 0.2) is 0 Å². The standard InChI is InChI=1S/C12H22N2O4/c1-2-3-6-13-12(17)14-7-4-10(5-8-14)18-9-11(15)16/h10H,2-9H2,1H3,(H,13,17)(H,15,16). The van der Waals surface area contributed by atoms with Crippen molar-refractivity contribution in [2.24, 2.45) is 0 Å². The van der Waals surface area contributed by atoms with E-state index in [2.05, 4.69) is 12.2 Å². The van der Waals surface area contributed by atoms with Gasteiger partial charge < -0.3 is 20.1 Å². The van der Waals surface area contributed by atoms with Crippen LogP contribution in [-0.4, -0.2) is 54.4 Å². The van der Waals surface area contributed by atoms with Gasteiger partial charge in [0.05, 0.1) is 6.10 Å². The Kier molecular flexibility index (Phi) is 6.49. The zero-order valence-electron chi connectivity index (χ0n) is 10.9. The molecule has 18 heavy (non-hydrogen) atoms. The molecule has 1 aliphatic rings. The van der Waals surface area contributed by atoms with Gasteiger partial charge in [-0.2, -0.15) is 0 Å². The molecule has 0 saturated carbocycles. The summed E-state index contributed by atoms with van der Waals surface area (Å²) in [6.07, 6.45) is 3.42. The van der Waals surface area contributed by atoms with E-state index in [9.17, 15) is 9.59 Å². The van der Waals surface area contributed by atoms with Crippen LogP contribution in [0.2, 0.25) is 0 Å². The summed E-state index contributed by atoms with van der Waals surface area (Å²) in [7, 11) is 0. The summed E-state index contributed by atoms with van der Waals surface area (Å²) in [6, 6.07) is -0.0277. The Labute approximate surface area is 107 Å². The monoisotopic (exact) mass is 258 g/mol. The predicted molar refractivity (Wildman–Crippen MR) is 66.5 cm³/mol. The van der Waals surface area contributed by atoms with Crippen LogP contribution in [0.25, 0.3) is 0 Å². The highest BCUT2D eigenvalue weighted by molar-refractivity contribution is 5.74. The maximum atomic E-state index is 11.7. The van der Waals surface area contributed by atoms with Gasteiger partial charge in [0.15, 0.2) is 0 Å². The van der Waals surface area contributed by atoms with Crippen molar-refractivity contribution in [1.29, 1.82) is 0 Å². The minimum absolute atomic E-state index is 0.0277. The number of urea groups is 1. The van der Waals surface area contributed by atoms with Gasteiger partial charge in [0.2, 0.25) is 0 Å². The van der Waals surface area contributed by atoms with Crippen LogP contribution >= 0.6 is 0 Å². The molecule has 1 rings (SSSR count). The first-order valence-electron chi connectivity index (χ1n) is 6.49. The zero-order valence-corrected chi connectivity index (χ0v) is 10.9. The molecular formula is C12H22N2O4. The fourth-order valence-electron chi connectivity index (χ4n) is 1.90. The molecule has 0 bridgehead atoms. The molecule has 0 atom stereocenters. The summed E-state index contributed by atoms with van der Waals surface area (Å²) >= 11 is 0. The normalized spacial score (nSPS) is 16.6. The highest BCUT2D eigenvalue weighted by atomic mass is 16.5. The van der Waals surface area contributed by atoms with E-state index in [1.807, 2.05) is 0 Å². The Morgan fingerprint density at radius 2 is 2.06 bits per heavy atom. The molecule has 0 spiro atoms. The van der Waals surface area contributed by atoms with Gasteiger partial charge in [-0.3, -0.25) is 0 Å². The number of aliphatic carboxylic acids is 1. The number of unbranched alkanes of at least 4 members (excludes halogenated alkanes) is 1. The van der Waals surface area contributed by atoms with Crippen LogP contribution in [0.5, 0.6) is 0 Å². The molecule has 6 heteroatoms. The summed E-state index contributed by atoms with van der Waals surface area (Å²) in [5, 5.41) is 11.4. The fourth-order valence-corrected chi connectivity index (χ4v) is 1.90. The summed E-state index contributed by atoms with van der Waals surface area (Å²) in [4.78, 5) is 23.8. The summed E-state index contributed by atoms with van der Waals surface area (Å²) in [5.41, 5.74) is 0. The number of carbonyl (C=O) groups excluding carboxylic acids is 1. The van der Waals surface area contributed by atoms with E-state index < -0.39 is 5.97 Å². The Balaban J connectivity index is 2.17. The van der Waals surface area contributed by atoms with Gasteiger partial charge in [-0.15, -0.1) is 0 Å². The molecule has 1 saturated heterocycles. The number of piperidine rings is 1. The molecule has 2 N–H and O–H groups in total. The van der Waals surface area contributed by atoms with Crippen molar-refractivity contribution in [2.45, 2.75) is 38.7 Å². The third-order valence-corrected chi connectivity index (χ3v) is 2.98. The van der Waals surface area contributed by atoms with Crippen LogP contribution in [0.3, 0.4) is 0 Å². The van der Waals surface area contributed by atoms with Crippen molar-refractivity contribution < 1.29 is 19.4 Å². The molecule has 0 radical (unpaired) electrons. The highest BCUT2D eigenvalue weighted by Crippen LogP contribution is 2.13. The lowest BCUT2D eigenvalue weighted by Gasteiger charge is -2.31. The minimum Gasteiger partial charge on any atom is -0.480 e. The predicted octanol–water partition coefficient (Wildman–Crippen LogP) is 1.06. The number of nitrogens with one attached hydrogen (secondary N) is 1. The Bertz CT molecular complexity index is 275. The van der Waals surface area contributed by atoms with E-state index in [0.29, 0.717) is 32.5 Å². The number of carboxylic acids is 1. The average molecular weight is 258 g/mol. The smallest absolute Gasteiger partial charge is 0.329 e. The van der Waals surface area contributed by atoms with Gasteiger partial charge in [-0.05, 0) is 19.3 Å². The number of likely N-dealkylation sites (tertiary alicyclic amines) is 1. The first-order valence-corrected chi connectivity index (χ1v) is 6.49. The molecule has 0 aromatic heterocycles. The van der Waals surface area contributed by atoms with Crippen molar-refractivity contribution in [2.75, 3.05) is 26.2 Å².